The minimum absolute atomic E-state index is 0.0779. The van der Waals surface area contributed by atoms with Gasteiger partial charge in [-0.3, -0.25) is 19.6 Å². The van der Waals surface area contributed by atoms with Crippen molar-refractivity contribution in [2.24, 2.45) is 0 Å². The van der Waals surface area contributed by atoms with Gasteiger partial charge in [0, 0.05) is 30.3 Å². The van der Waals surface area contributed by atoms with Crippen LogP contribution in [0.1, 0.15) is 37.3 Å². The Hall–Kier alpha value is -3.30. The molecule has 0 spiro atoms. The topological polar surface area (TPSA) is 108 Å². The summed E-state index contributed by atoms with van der Waals surface area (Å²) in [7, 11) is 0. The van der Waals surface area contributed by atoms with E-state index < -0.39 is 28.1 Å². The third-order valence-electron chi connectivity index (χ3n) is 4.27. The number of aldehydes is 1. The molecule has 0 aliphatic carbocycles. The zero-order valence-electron chi connectivity index (χ0n) is 15.6. The van der Waals surface area contributed by atoms with Crippen LogP contribution in [0.15, 0.2) is 24.4 Å². The summed E-state index contributed by atoms with van der Waals surface area (Å²) in [6.07, 6.45) is 1.35. The second-order valence-corrected chi connectivity index (χ2v) is 7.44. The van der Waals surface area contributed by atoms with Crippen LogP contribution in [0.5, 0.6) is 0 Å². The quantitative estimate of drug-likeness (QED) is 0.451. The highest BCUT2D eigenvalue weighted by molar-refractivity contribution is 5.86. The molecular weight excluding hydrogens is 371 g/mol. The van der Waals surface area contributed by atoms with Crippen LogP contribution in [-0.4, -0.2) is 50.7 Å². The van der Waals surface area contributed by atoms with Crippen LogP contribution in [0, 0.1) is 15.9 Å². The van der Waals surface area contributed by atoms with Crippen molar-refractivity contribution in [2.75, 3.05) is 13.1 Å². The van der Waals surface area contributed by atoms with Crippen molar-refractivity contribution < 1.29 is 23.6 Å². The molecule has 0 radical (unpaired) electrons. The van der Waals surface area contributed by atoms with E-state index in [1.165, 1.54) is 27.9 Å². The van der Waals surface area contributed by atoms with Crippen LogP contribution in [0.2, 0.25) is 0 Å². The van der Waals surface area contributed by atoms with Gasteiger partial charge in [0.2, 0.25) is 5.82 Å². The molecule has 28 heavy (non-hydrogen) atoms. The number of halogens is 1. The summed E-state index contributed by atoms with van der Waals surface area (Å²) in [5.74, 6) is -1.03. The second kappa shape index (κ2) is 7.02. The monoisotopic (exact) mass is 390 g/mol. The van der Waals surface area contributed by atoms with Crippen molar-refractivity contribution in [1.82, 2.24) is 14.7 Å². The molecule has 148 valence electrons. The van der Waals surface area contributed by atoms with E-state index in [9.17, 15) is 24.1 Å². The molecule has 1 amide bonds. The Morgan fingerprint density at radius 3 is 2.61 bits per heavy atom. The standard InChI is InChI=1S/C18H19FN4O5/c1-18(2,3)28-17(25)21-8-11(9-21)22-15(10-24)13(7-20-22)12-5-4-6-14(16(12)19)23(26)27/h4-7,10-11H,8-9H2,1-3H3. The lowest BCUT2D eigenvalue weighted by atomic mass is 10.0. The van der Waals surface area contributed by atoms with Gasteiger partial charge in [-0.2, -0.15) is 9.49 Å². The highest BCUT2D eigenvalue weighted by atomic mass is 19.1. The predicted octanol–water partition coefficient (Wildman–Crippen LogP) is 3.20. The molecule has 0 bridgehead atoms. The average molecular weight is 390 g/mol. The molecule has 2 heterocycles. The second-order valence-electron chi connectivity index (χ2n) is 7.44. The number of nitrogens with zero attached hydrogens (tertiary/aromatic N) is 4. The van der Waals surface area contributed by atoms with Gasteiger partial charge < -0.3 is 9.64 Å². The van der Waals surface area contributed by atoms with Crippen molar-refractivity contribution in [3.63, 3.8) is 0 Å². The normalized spacial score (nSPS) is 14.5. The molecular formula is C18H19FN4O5. The zero-order valence-corrected chi connectivity index (χ0v) is 15.6. The molecule has 0 atom stereocenters. The zero-order chi connectivity index (χ0) is 20.6. The van der Waals surface area contributed by atoms with Gasteiger partial charge in [0.25, 0.3) is 0 Å². The summed E-state index contributed by atoms with van der Waals surface area (Å²) in [5, 5.41) is 15.1. The third-order valence-corrected chi connectivity index (χ3v) is 4.27. The van der Waals surface area contributed by atoms with E-state index in [0.717, 1.165) is 6.07 Å². The lowest BCUT2D eigenvalue weighted by molar-refractivity contribution is -0.387. The fourth-order valence-corrected chi connectivity index (χ4v) is 2.94. The number of nitro groups is 1. The van der Waals surface area contributed by atoms with E-state index in [1.54, 1.807) is 20.8 Å². The first-order valence-electron chi connectivity index (χ1n) is 8.56. The number of hydrogen-bond acceptors (Lipinski definition) is 6. The maximum Gasteiger partial charge on any atom is 0.410 e. The van der Waals surface area contributed by atoms with Gasteiger partial charge in [-0.15, -0.1) is 0 Å². The van der Waals surface area contributed by atoms with E-state index in [1.807, 2.05) is 0 Å². The molecule has 2 aromatic rings. The lowest BCUT2D eigenvalue weighted by Gasteiger charge is -2.40. The molecule has 0 unspecified atom stereocenters. The minimum atomic E-state index is -1.03. The van der Waals surface area contributed by atoms with Crippen molar-refractivity contribution in [3.05, 3.63) is 46.0 Å². The Kier molecular flexibility index (Phi) is 4.88. The summed E-state index contributed by atoms with van der Waals surface area (Å²) in [6, 6.07) is 3.47. The smallest absolute Gasteiger partial charge is 0.410 e. The fraction of sp³-hybridized carbons (Fsp3) is 0.389. The number of amides is 1. The Morgan fingerprint density at radius 2 is 2.04 bits per heavy atom. The highest BCUT2D eigenvalue weighted by Crippen LogP contribution is 2.33. The van der Waals surface area contributed by atoms with Gasteiger partial charge >= 0.3 is 11.8 Å². The molecule has 1 aliphatic heterocycles. The van der Waals surface area contributed by atoms with Crippen molar-refractivity contribution in [1.29, 1.82) is 0 Å². The number of carbonyl (C=O) groups excluding carboxylic acids is 2. The van der Waals surface area contributed by atoms with Crippen LogP contribution in [0.3, 0.4) is 0 Å². The minimum Gasteiger partial charge on any atom is -0.444 e. The average Bonchev–Trinajstić information content (AvgIpc) is 2.95. The molecule has 3 rings (SSSR count). The van der Waals surface area contributed by atoms with E-state index in [4.69, 9.17) is 4.74 Å². The number of aromatic nitrogens is 2. The van der Waals surface area contributed by atoms with Crippen LogP contribution in [-0.2, 0) is 4.74 Å². The van der Waals surface area contributed by atoms with E-state index in [2.05, 4.69) is 5.10 Å². The van der Waals surface area contributed by atoms with Crippen molar-refractivity contribution in [3.8, 4) is 11.1 Å². The SMILES string of the molecule is CC(C)(C)OC(=O)N1CC(n2ncc(-c3cccc([N+](=O)[O-])c3F)c2C=O)C1. The first kappa shape index (κ1) is 19.5. The van der Waals surface area contributed by atoms with Crippen LogP contribution < -0.4 is 0 Å². The third kappa shape index (κ3) is 3.57. The summed E-state index contributed by atoms with van der Waals surface area (Å²) in [6.45, 7) is 5.86. The molecule has 1 aromatic carbocycles. The number of benzene rings is 1. The Balaban J connectivity index is 1.84. The first-order valence-corrected chi connectivity index (χ1v) is 8.56. The number of likely N-dealkylation sites (tertiary alicyclic amines) is 1. The van der Waals surface area contributed by atoms with Crippen LogP contribution in [0.25, 0.3) is 11.1 Å². The molecule has 9 nitrogen and oxygen atoms in total. The summed E-state index contributed by atoms with van der Waals surface area (Å²) < 4.78 is 21.2. The summed E-state index contributed by atoms with van der Waals surface area (Å²) in [4.78, 5) is 35.3. The van der Waals surface area contributed by atoms with Gasteiger partial charge in [-0.25, -0.2) is 4.79 Å². The van der Waals surface area contributed by atoms with Gasteiger partial charge in [0.1, 0.15) is 11.3 Å². The fourth-order valence-electron chi connectivity index (χ4n) is 2.94. The number of nitro benzene ring substituents is 1. The number of rotatable bonds is 4. The van der Waals surface area contributed by atoms with Gasteiger partial charge in [0.05, 0.1) is 17.2 Å². The number of carbonyl (C=O) groups is 2. The predicted molar refractivity (Wildman–Crippen MR) is 96.5 cm³/mol. The molecule has 0 saturated carbocycles. The Morgan fingerprint density at radius 1 is 1.36 bits per heavy atom. The molecule has 1 aromatic heterocycles. The maximum absolute atomic E-state index is 14.5. The lowest BCUT2D eigenvalue weighted by Crippen LogP contribution is -2.52. The number of hydrogen-bond donors (Lipinski definition) is 0. The Bertz CT molecular complexity index is 944. The summed E-state index contributed by atoms with van der Waals surface area (Å²) >= 11 is 0. The Labute approximate surface area is 159 Å². The maximum atomic E-state index is 14.5. The molecule has 1 aliphatic rings. The van der Waals surface area contributed by atoms with Gasteiger partial charge in [0.15, 0.2) is 6.29 Å². The van der Waals surface area contributed by atoms with E-state index in [0.29, 0.717) is 6.29 Å². The molecule has 10 heteroatoms. The van der Waals surface area contributed by atoms with Crippen LogP contribution >= 0.6 is 0 Å². The van der Waals surface area contributed by atoms with Crippen molar-refractivity contribution in [2.45, 2.75) is 32.4 Å². The van der Waals surface area contributed by atoms with Gasteiger partial charge in [-0.1, -0.05) is 12.1 Å². The van der Waals surface area contributed by atoms with Crippen LogP contribution in [0.4, 0.5) is 14.9 Å². The molecule has 0 N–H and O–H groups in total. The van der Waals surface area contributed by atoms with E-state index >= 15 is 0 Å². The molecule has 1 fully saturated rings. The highest BCUT2D eigenvalue weighted by Gasteiger charge is 2.37. The largest absolute Gasteiger partial charge is 0.444 e. The van der Waals surface area contributed by atoms with Crippen molar-refractivity contribution >= 4 is 18.1 Å². The molecule has 1 saturated heterocycles. The van der Waals surface area contributed by atoms with E-state index in [-0.39, 0.29) is 36.0 Å². The van der Waals surface area contributed by atoms with Gasteiger partial charge in [-0.05, 0) is 20.8 Å². The summed E-state index contributed by atoms with van der Waals surface area (Å²) in [5.41, 5.74) is -1.12. The first-order chi connectivity index (χ1) is 13.1. The number of ether oxygens (including phenoxy) is 1.